The van der Waals surface area contributed by atoms with Crippen molar-refractivity contribution in [1.29, 1.82) is 0 Å². The summed E-state index contributed by atoms with van der Waals surface area (Å²) in [4.78, 5) is 14.6. The molecule has 1 atom stereocenters. The van der Waals surface area contributed by atoms with Crippen molar-refractivity contribution in [3.8, 4) is 0 Å². The Morgan fingerprint density at radius 1 is 1.28 bits per heavy atom. The van der Waals surface area contributed by atoms with Crippen LogP contribution in [0.5, 0.6) is 0 Å². The van der Waals surface area contributed by atoms with E-state index in [-0.39, 0.29) is 11.9 Å². The molecule has 2 aliphatic rings. The molecule has 132 valence electrons. The Bertz CT molecular complexity index is 769. The average Bonchev–Trinajstić information content (AvgIpc) is 3.30. The van der Waals surface area contributed by atoms with Gasteiger partial charge in [-0.15, -0.1) is 10.2 Å². The van der Waals surface area contributed by atoms with Gasteiger partial charge in [0.05, 0.1) is 0 Å². The first-order chi connectivity index (χ1) is 12.2. The minimum Gasteiger partial charge on any atom is -0.324 e. The van der Waals surface area contributed by atoms with Gasteiger partial charge in [0.25, 0.3) is 0 Å². The Morgan fingerprint density at radius 3 is 3.04 bits per heavy atom. The first-order valence-electron chi connectivity index (χ1n) is 9.30. The molecule has 0 radical (unpaired) electrons. The molecular formula is C19H25N5O. The number of piperidine rings is 1. The van der Waals surface area contributed by atoms with E-state index in [9.17, 15) is 4.79 Å². The number of nitrogens with zero attached hydrogens (tertiary/aromatic N) is 4. The molecule has 1 saturated heterocycles. The van der Waals surface area contributed by atoms with Crippen molar-refractivity contribution in [2.24, 2.45) is 0 Å². The Morgan fingerprint density at radius 2 is 2.16 bits per heavy atom. The second-order valence-electron chi connectivity index (χ2n) is 7.03. The molecule has 1 aliphatic heterocycles. The van der Waals surface area contributed by atoms with Crippen LogP contribution in [0.1, 0.15) is 49.1 Å². The molecule has 0 saturated carbocycles. The molecule has 4 rings (SSSR count). The highest BCUT2D eigenvalue weighted by atomic mass is 16.2. The molecule has 1 N–H and O–H groups in total. The van der Waals surface area contributed by atoms with Crippen molar-refractivity contribution < 1.29 is 4.79 Å². The van der Waals surface area contributed by atoms with E-state index in [1.54, 1.807) is 6.33 Å². The molecule has 0 spiro atoms. The SMILES string of the molecule is CCn1cnnc1[C@@H]1CCCN(C(=O)Nc2ccc3c(c2)CCC3)C1. The van der Waals surface area contributed by atoms with E-state index in [1.165, 1.54) is 17.5 Å². The zero-order chi connectivity index (χ0) is 17.2. The van der Waals surface area contributed by atoms with E-state index in [0.29, 0.717) is 6.54 Å². The van der Waals surface area contributed by atoms with Crippen LogP contribution >= 0.6 is 0 Å². The molecule has 1 fully saturated rings. The summed E-state index contributed by atoms with van der Waals surface area (Å²) in [6.45, 7) is 4.46. The maximum atomic E-state index is 12.7. The van der Waals surface area contributed by atoms with Gasteiger partial charge < -0.3 is 14.8 Å². The number of hydrogen-bond acceptors (Lipinski definition) is 3. The van der Waals surface area contributed by atoms with Crippen LogP contribution in [0.25, 0.3) is 0 Å². The predicted octanol–water partition coefficient (Wildman–Crippen LogP) is 3.20. The van der Waals surface area contributed by atoms with Crippen molar-refractivity contribution in [1.82, 2.24) is 19.7 Å². The largest absolute Gasteiger partial charge is 0.324 e. The zero-order valence-corrected chi connectivity index (χ0v) is 14.7. The predicted molar refractivity (Wildman–Crippen MR) is 96.7 cm³/mol. The Labute approximate surface area is 148 Å². The number of likely N-dealkylation sites (tertiary alicyclic amines) is 1. The molecule has 0 unspecified atom stereocenters. The van der Waals surface area contributed by atoms with Crippen LogP contribution < -0.4 is 5.32 Å². The zero-order valence-electron chi connectivity index (χ0n) is 14.7. The molecule has 6 heteroatoms. The number of benzene rings is 1. The summed E-state index contributed by atoms with van der Waals surface area (Å²) in [5.41, 5.74) is 3.71. The standard InChI is InChI=1S/C19H25N5O/c1-2-23-13-20-22-18(23)16-7-4-10-24(12-16)19(25)21-17-9-8-14-5-3-6-15(14)11-17/h8-9,11,13,16H,2-7,10,12H2,1H3,(H,21,25)/t16-/m1/s1. The maximum Gasteiger partial charge on any atom is 0.321 e. The molecule has 0 bridgehead atoms. The summed E-state index contributed by atoms with van der Waals surface area (Å²) in [6.07, 6.45) is 7.34. The molecule has 1 aromatic heterocycles. The quantitative estimate of drug-likeness (QED) is 0.934. The Hall–Kier alpha value is -2.37. The third-order valence-electron chi connectivity index (χ3n) is 5.41. The number of hydrogen-bond donors (Lipinski definition) is 1. The lowest BCUT2D eigenvalue weighted by Crippen LogP contribution is -2.42. The van der Waals surface area contributed by atoms with Gasteiger partial charge >= 0.3 is 6.03 Å². The van der Waals surface area contributed by atoms with Crippen LogP contribution in [0.4, 0.5) is 10.5 Å². The van der Waals surface area contributed by atoms with Crippen LogP contribution in [-0.2, 0) is 19.4 Å². The monoisotopic (exact) mass is 339 g/mol. The summed E-state index contributed by atoms with van der Waals surface area (Å²) in [6, 6.07) is 6.30. The van der Waals surface area contributed by atoms with Crippen LogP contribution in [-0.4, -0.2) is 38.8 Å². The topological polar surface area (TPSA) is 63.1 Å². The number of aryl methyl sites for hydroxylation is 3. The molecule has 2 heterocycles. The molecule has 2 aromatic rings. The Kier molecular flexibility index (Phi) is 4.42. The lowest BCUT2D eigenvalue weighted by Gasteiger charge is -2.32. The summed E-state index contributed by atoms with van der Waals surface area (Å²) >= 11 is 0. The van der Waals surface area contributed by atoms with Gasteiger partial charge in [-0.25, -0.2) is 4.79 Å². The first-order valence-corrected chi connectivity index (χ1v) is 9.30. The third-order valence-corrected chi connectivity index (χ3v) is 5.41. The van der Waals surface area contributed by atoms with Crippen molar-refractivity contribution >= 4 is 11.7 Å². The summed E-state index contributed by atoms with van der Waals surface area (Å²) < 4.78 is 2.08. The highest BCUT2D eigenvalue weighted by Crippen LogP contribution is 2.27. The van der Waals surface area contributed by atoms with E-state index in [4.69, 9.17) is 0 Å². The number of carbonyl (C=O) groups excluding carboxylic acids is 1. The number of nitrogens with one attached hydrogen (secondary N) is 1. The first kappa shape index (κ1) is 16.1. The van der Waals surface area contributed by atoms with Crippen LogP contribution in [0.3, 0.4) is 0 Å². The van der Waals surface area contributed by atoms with Gasteiger partial charge in [0, 0.05) is 31.2 Å². The van der Waals surface area contributed by atoms with Gasteiger partial charge in [-0.3, -0.25) is 0 Å². The molecule has 1 aliphatic carbocycles. The van der Waals surface area contributed by atoms with Crippen LogP contribution in [0.15, 0.2) is 24.5 Å². The van der Waals surface area contributed by atoms with E-state index >= 15 is 0 Å². The fraction of sp³-hybridized carbons (Fsp3) is 0.526. The number of rotatable bonds is 3. The van der Waals surface area contributed by atoms with Crippen molar-refractivity contribution in [2.75, 3.05) is 18.4 Å². The summed E-state index contributed by atoms with van der Waals surface area (Å²) in [5, 5.41) is 11.4. The molecule has 1 aromatic carbocycles. The molecular weight excluding hydrogens is 314 g/mol. The van der Waals surface area contributed by atoms with Crippen molar-refractivity contribution in [2.45, 2.75) is 51.5 Å². The third kappa shape index (κ3) is 3.25. The fourth-order valence-electron chi connectivity index (χ4n) is 4.05. The van der Waals surface area contributed by atoms with Crippen molar-refractivity contribution in [3.05, 3.63) is 41.5 Å². The minimum absolute atomic E-state index is 0.00906. The Balaban J connectivity index is 1.43. The number of amides is 2. The van der Waals surface area contributed by atoms with E-state index in [2.05, 4.69) is 39.1 Å². The lowest BCUT2D eigenvalue weighted by atomic mass is 9.97. The van der Waals surface area contributed by atoms with E-state index in [0.717, 1.165) is 50.3 Å². The molecule has 25 heavy (non-hydrogen) atoms. The number of anilines is 1. The van der Waals surface area contributed by atoms with Crippen LogP contribution in [0.2, 0.25) is 0 Å². The number of urea groups is 1. The number of aromatic nitrogens is 3. The highest BCUT2D eigenvalue weighted by Gasteiger charge is 2.28. The fourth-order valence-corrected chi connectivity index (χ4v) is 4.05. The van der Waals surface area contributed by atoms with Crippen molar-refractivity contribution in [3.63, 3.8) is 0 Å². The highest BCUT2D eigenvalue weighted by molar-refractivity contribution is 5.89. The number of carbonyl (C=O) groups is 1. The smallest absolute Gasteiger partial charge is 0.321 e. The van der Waals surface area contributed by atoms with Gasteiger partial charge in [0.2, 0.25) is 0 Å². The van der Waals surface area contributed by atoms with Gasteiger partial charge in [0.1, 0.15) is 12.2 Å². The second kappa shape index (κ2) is 6.86. The van der Waals surface area contributed by atoms with E-state index < -0.39 is 0 Å². The van der Waals surface area contributed by atoms with E-state index in [1.807, 2.05) is 11.0 Å². The summed E-state index contributed by atoms with van der Waals surface area (Å²) in [7, 11) is 0. The van der Waals surface area contributed by atoms with Gasteiger partial charge in [-0.2, -0.15) is 0 Å². The summed E-state index contributed by atoms with van der Waals surface area (Å²) in [5.74, 6) is 1.26. The van der Waals surface area contributed by atoms with Gasteiger partial charge in [0.15, 0.2) is 0 Å². The number of fused-ring (bicyclic) bond motifs is 1. The van der Waals surface area contributed by atoms with Crippen LogP contribution in [0, 0.1) is 0 Å². The normalized spacial score (nSPS) is 19.7. The van der Waals surface area contributed by atoms with Gasteiger partial charge in [-0.1, -0.05) is 6.07 Å². The molecule has 2 amide bonds. The second-order valence-corrected chi connectivity index (χ2v) is 7.03. The maximum absolute atomic E-state index is 12.7. The van der Waals surface area contributed by atoms with Gasteiger partial charge in [-0.05, 0) is 62.3 Å². The average molecular weight is 339 g/mol. The lowest BCUT2D eigenvalue weighted by molar-refractivity contribution is 0.190. The minimum atomic E-state index is -0.00906. The molecule has 6 nitrogen and oxygen atoms in total.